The van der Waals surface area contributed by atoms with Gasteiger partial charge in [-0.3, -0.25) is 0 Å². The predicted octanol–water partition coefficient (Wildman–Crippen LogP) is 6.29. The summed E-state index contributed by atoms with van der Waals surface area (Å²) in [7, 11) is 0. The number of benzene rings is 4. The first-order valence-corrected chi connectivity index (χ1v) is 14.4. The number of rotatable bonds is 8. The van der Waals surface area contributed by atoms with E-state index in [0.717, 1.165) is 33.5 Å². The Morgan fingerprint density at radius 3 is 2.26 bits per heavy atom. The molecular weight excluding hydrogens is 556 g/mol. The lowest BCUT2D eigenvalue weighted by molar-refractivity contribution is -0.141. The van der Waals surface area contributed by atoms with Gasteiger partial charge < -0.3 is 15.0 Å². The van der Waals surface area contributed by atoms with Crippen LogP contribution in [0.1, 0.15) is 35.2 Å². The summed E-state index contributed by atoms with van der Waals surface area (Å²) >= 11 is 5.87. The molecular formula is C34H30N6O2S. The topological polar surface area (TPSA) is 96.0 Å². The van der Waals surface area contributed by atoms with Gasteiger partial charge in [-0.1, -0.05) is 103 Å². The van der Waals surface area contributed by atoms with Gasteiger partial charge in [-0.15, -0.1) is 10.2 Å². The van der Waals surface area contributed by atoms with Crippen molar-refractivity contribution in [1.82, 2.24) is 30.8 Å². The zero-order valence-electron chi connectivity index (χ0n) is 23.8. The molecule has 9 heteroatoms. The summed E-state index contributed by atoms with van der Waals surface area (Å²) in [6.45, 7) is 4.68. The second kappa shape index (κ2) is 12.4. The normalized spacial score (nSPS) is 14.9. The fourth-order valence-electron chi connectivity index (χ4n) is 5.26. The fraction of sp³-hybridized carbons (Fsp3) is 0.147. The summed E-state index contributed by atoms with van der Waals surface area (Å²) in [6.07, 6.45) is 0. The average Bonchev–Trinajstić information content (AvgIpc) is 3.58. The number of aryl methyl sites for hydroxylation is 1. The molecule has 1 aliphatic heterocycles. The summed E-state index contributed by atoms with van der Waals surface area (Å²) in [5, 5.41) is 18.2. The van der Waals surface area contributed by atoms with Gasteiger partial charge in [-0.05, 0) is 64.7 Å². The molecule has 0 fully saturated rings. The largest absolute Gasteiger partial charge is 0.457 e. The number of aromatic nitrogens is 4. The van der Waals surface area contributed by atoms with Crippen LogP contribution in [0, 0.1) is 6.92 Å². The molecule has 0 bridgehead atoms. The molecule has 0 saturated carbocycles. The van der Waals surface area contributed by atoms with Crippen LogP contribution in [0.4, 0.5) is 0 Å². The Bertz CT molecular complexity index is 1770. The van der Waals surface area contributed by atoms with Gasteiger partial charge in [-0.2, -0.15) is 5.21 Å². The molecule has 4 aromatic carbocycles. The lowest BCUT2D eigenvalue weighted by Gasteiger charge is -2.37. The molecule has 0 aliphatic carbocycles. The number of nitrogens with zero attached hydrogens (tertiary/aromatic N) is 4. The summed E-state index contributed by atoms with van der Waals surface area (Å²) in [5.41, 5.74) is 8.47. The van der Waals surface area contributed by atoms with Crippen molar-refractivity contribution in [2.75, 3.05) is 0 Å². The van der Waals surface area contributed by atoms with Gasteiger partial charge in [-0.25, -0.2) is 4.79 Å². The molecule has 214 valence electrons. The quantitative estimate of drug-likeness (QED) is 0.162. The monoisotopic (exact) mass is 586 g/mol. The van der Waals surface area contributed by atoms with Gasteiger partial charge in [0.05, 0.1) is 11.6 Å². The van der Waals surface area contributed by atoms with Crippen molar-refractivity contribution in [3.63, 3.8) is 0 Å². The molecule has 5 aromatic rings. The molecule has 1 atom stereocenters. The number of aromatic amines is 1. The van der Waals surface area contributed by atoms with Crippen LogP contribution in [0.25, 0.3) is 22.5 Å². The first-order chi connectivity index (χ1) is 21.0. The Balaban J connectivity index is 1.31. The SMILES string of the molecule is CC1=C(C(=O)OCc2ccccc2)C(c2ccc(-c3ccccc3C)cc2)NC(=S)N1Cc1ccc(-c2nn[nH]n2)cc1. The van der Waals surface area contributed by atoms with Gasteiger partial charge in [0, 0.05) is 17.8 Å². The van der Waals surface area contributed by atoms with Gasteiger partial charge >= 0.3 is 5.97 Å². The van der Waals surface area contributed by atoms with E-state index >= 15 is 0 Å². The first kappa shape index (κ1) is 28.0. The predicted molar refractivity (Wildman–Crippen MR) is 169 cm³/mol. The number of ether oxygens (including phenoxy) is 1. The second-order valence-electron chi connectivity index (χ2n) is 10.4. The highest BCUT2D eigenvalue weighted by Crippen LogP contribution is 2.34. The van der Waals surface area contributed by atoms with Crippen LogP contribution in [0.2, 0.25) is 0 Å². The molecule has 6 rings (SSSR count). The first-order valence-electron chi connectivity index (χ1n) is 14.0. The summed E-state index contributed by atoms with van der Waals surface area (Å²) < 4.78 is 5.86. The number of carbonyl (C=O) groups is 1. The van der Waals surface area contributed by atoms with E-state index < -0.39 is 6.04 Å². The van der Waals surface area contributed by atoms with Crippen LogP contribution in [0.5, 0.6) is 0 Å². The lowest BCUT2D eigenvalue weighted by atomic mass is 9.92. The van der Waals surface area contributed by atoms with Crippen molar-refractivity contribution in [2.45, 2.75) is 33.0 Å². The maximum Gasteiger partial charge on any atom is 0.338 e. The van der Waals surface area contributed by atoms with E-state index in [1.54, 1.807) is 0 Å². The number of carbonyl (C=O) groups excluding carboxylic acids is 1. The van der Waals surface area contributed by atoms with E-state index in [1.165, 1.54) is 11.1 Å². The van der Waals surface area contributed by atoms with Gasteiger partial charge in [0.25, 0.3) is 0 Å². The van der Waals surface area contributed by atoms with E-state index in [4.69, 9.17) is 17.0 Å². The number of nitrogens with one attached hydrogen (secondary N) is 2. The molecule has 2 N–H and O–H groups in total. The van der Waals surface area contributed by atoms with Crippen LogP contribution in [-0.4, -0.2) is 36.6 Å². The van der Waals surface area contributed by atoms with E-state index in [9.17, 15) is 4.79 Å². The number of thiocarbonyl (C=S) groups is 1. The fourth-order valence-corrected chi connectivity index (χ4v) is 5.58. The smallest absolute Gasteiger partial charge is 0.338 e. The second-order valence-corrected chi connectivity index (χ2v) is 10.8. The van der Waals surface area contributed by atoms with Crippen molar-refractivity contribution in [3.05, 3.63) is 137 Å². The minimum Gasteiger partial charge on any atom is -0.457 e. The number of hydrogen-bond acceptors (Lipinski definition) is 6. The highest BCUT2D eigenvalue weighted by molar-refractivity contribution is 7.80. The highest BCUT2D eigenvalue weighted by atomic mass is 32.1. The molecule has 43 heavy (non-hydrogen) atoms. The Hall–Kier alpha value is -5.15. The lowest BCUT2D eigenvalue weighted by Crippen LogP contribution is -2.47. The maximum absolute atomic E-state index is 13.8. The van der Waals surface area contributed by atoms with Crippen LogP contribution < -0.4 is 5.32 Å². The van der Waals surface area contributed by atoms with E-state index in [1.807, 2.05) is 90.7 Å². The molecule has 1 aromatic heterocycles. The van der Waals surface area contributed by atoms with E-state index in [-0.39, 0.29) is 12.6 Å². The summed E-state index contributed by atoms with van der Waals surface area (Å²) in [4.78, 5) is 15.7. The highest BCUT2D eigenvalue weighted by Gasteiger charge is 2.35. The standard InChI is InChI=1S/C34H30N6O2S/c1-22-8-6-7-11-29(22)26-16-18-27(19-17-26)31-30(33(41)42-21-25-9-4-3-5-10-25)23(2)40(34(43)35-31)20-24-12-14-28(15-13-24)32-36-38-39-37-32/h3-19,31H,20-21H2,1-2H3,(H,35,43)(H,36,37,38,39). The number of esters is 1. The molecule has 0 saturated heterocycles. The minimum atomic E-state index is -0.460. The van der Waals surface area contributed by atoms with E-state index in [2.05, 4.69) is 57.1 Å². The van der Waals surface area contributed by atoms with Crippen LogP contribution in [0.15, 0.2) is 114 Å². The minimum absolute atomic E-state index is 0.178. The summed E-state index contributed by atoms with van der Waals surface area (Å²) in [6, 6.07) is 33.6. The van der Waals surface area contributed by atoms with Crippen molar-refractivity contribution in [3.8, 4) is 22.5 Å². The Morgan fingerprint density at radius 2 is 1.56 bits per heavy atom. The maximum atomic E-state index is 13.8. The number of hydrogen-bond donors (Lipinski definition) is 2. The Kier molecular flexibility index (Phi) is 8.06. The molecule has 1 aliphatic rings. The molecule has 0 spiro atoms. The zero-order chi connectivity index (χ0) is 29.8. The third-order valence-corrected chi connectivity index (χ3v) is 7.97. The van der Waals surface area contributed by atoms with Gasteiger partial charge in [0.1, 0.15) is 6.61 Å². The third kappa shape index (κ3) is 6.07. The van der Waals surface area contributed by atoms with Crippen LogP contribution in [-0.2, 0) is 22.7 Å². The van der Waals surface area contributed by atoms with Crippen LogP contribution >= 0.6 is 12.2 Å². The zero-order valence-corrected chi connectivity index (χ0v) is 24.6. The van der Waals surface area contributed by atoms with Crippen LogP contribution in [0.3, 0.4) is 0 Å². The molecule has 8 nitrogen and oxygen atoms in total. The van der Waals surface area contributed by atoms with Crippen molar-refractivity contribution in [2.24, 2.45) is 0 Å². The summed E-state index contributed by atoms with van der Waals surface area (Å²) in [5.74, 6) is 0.138. The Labute approximate surface area is 255 Å². The van der Waals surface area contributed by atoms with Crippen molar-refractivity contribution in [1.29, 1.82) is 0 Å². The van der Waals surface area contributed by atoms with Gasteiger partial charge in [0.15, 0.2) is 5.11 Å². The van der Waals surface area contributed by atoms with E-state index in [0.29, 0.717) is 23.1 Å². The molecule has 0 radical (unpaired) electrons. The molecule has 1 unspecified atom stereocenters. The number of allylic oxidation sites excluding steroid dienone is 1. The molecule has 0 amide bonds. The van der Waals surface area contributed by atoms with Crippen molar-refractivity contribution >= 4 is 23.3 Å². The average molecular weight is 587 g/mol. The molecule has 2 heterocycles. The Morgan fingerprint density at radius 1 is 0.860 bits per heavy atom. The third-order valence-electron chi connectivity index (χ3n) is 7.63. The van der Waals surface area contributed by atoms with Gasteiger partial charge in [0.2, 0.25) is 5.82 Å². The number of H-pyrrole nitrogens is 1. The number of tetrazole rings is 1. The van der Waals surface area contributed by atoms with Crippen molar-refractivity contribution < 1.29 is 9.53 Å².